The Bertz CT molecular complexity index is 675. The summed E-state index contributed by atoms with van der Waals surface area (Å²) in [4.78, 5) is 15.6. The van der Waals surface area contributed by atoms with Crippen molar-refractivity contribution in [3.8, 4) is 5.75 Å². The molecule has 3 N–H and O–H groups in total. The summed E-state index contributed by atoms with van der Waals surface area (Å²) in [6.07, 6.45) is 0. The fraction of sp³-hybridized carbons (Fsp3) is 0.286. The standard InChI is InChI=1S/C14H16ClN3O3S/c1-3-16-6-8-7-22-14(17-8)18-11-5-12(21-2)9(13(19)20)4-10(11)15/h4-5,7,16H,3,6H2,1-2H3,(H,17,18)(H,19,20). The number of nitrogens with zero attached hydrogens (tertiary/aromatic N) is 1. The number of benzene rings is 1. The van der Waals surface area contributed by atoms with Gasteiger partial charge in [-0.05, 0) is 12.6 Å². The van der Waals surface area contributed by atoms with Crippen molar-refractivity contribution >= 4 is 39.7 Å². The number of ether oxygens (including phenoxy) is 1. The molecule has 0 radical (unpaired) electrons. The van der Waals surface area contributed by atoms with Crippen molar-refractivity contribution in [3.63, 3.8) is 0 Å². The maximum atomic E-state index is 11.1. The van der Waals surface area contributed by atoms with Crippen LogP contribution in [-0.2, 0) is 6.54 Å². The second-order valence-corrected chi connectivity index (χ2v) is 5.65. The summed E-state index contributed by atoms with van der Waals surface area (Å²) in [7, 11) is 1.41. The number of thiazole rings is 1. The number of carboxylic acids is 1. The van der Waals surface area contributed by atoms with Crippen molar-refractivity contribution in [2.45, 2.75) is 13.5 Å². The first-order valence-corrected chi connectivity index (χ1v) is 7.83. The largest absolute Gasteiger partial charge is 0.496 e. The zero-order valence-electron chi connectivity index (χ0n) is 12.1. The number of anilines is 2. The Kier molecular flexibility index (Phi) is 5.59. The Hall–Kier alpha value is -1.83. The van der Waals surface area contributed by atoms with Gasteiger partial charge in [-0.2, -0.15) is 0 Å². The fourth-order valence-corrected chi connectivity index (χ4v) is 2.73. The van der Waals surface area contributed by atoms with Crippen molar-refractivity contribution in [1.82, 2.24) is 10.3 Å². The molecule has 6 nitrogen and oxygen atoms in total. The number of nitrogens with one attached hydrogen (secondary N) is 2. The lowest BCUT2D eigenvalue weighted by Crippen LogP contribution is -2.11. The third-order valence-corrected chi connectivity index (χ3v) is 3.99. The summed E-state index contributed by atoms with van der Waals surface area (Å²) in [5.74, 6) is -0.851. The predicted octanol–water partition coefficient (Wildman–Crippen LogP) is 3.36. The Morgan fingerprint density at radius 2 is 2.27 bits per heavy atom. The summed E-state index contributed by atoms with van der Waals surface area (Å²) >= 11 is 7.58. The number of carboxylic acid groups (broad SMARTS) is 1. The molecule has 2 rings (SSSR count). The first-order valence-electron chi connectivity index (χ1n) is 6.58. The number of aromatic carboxylic acids is 1. The lowest BCUT2D eigenvalue weighted by Gasteiger charge is -2.10. The number of methoxy groups -OCH3 is 1. The molecule has 0 unspecified atom stereocenters. The average molecular weight is 342 g/mol. The highest BCUT2D eigenvalue weighted by molar-refractivity contribution is 7.13. The molecule has 0 atom stereocenters. The van der Waals surface area contributed by atoms with E-state index in [0.29, 0.717) is 22.4 Å². The van der Waals surface area contributed by atoms with Crippen LogP contribution in [0.1, 0.15) is 23.0 Å². The minimum absolute atomic E-state index is 0.0185. The van der Waals surface area contributed by atoms with Gasteiger partial charge in [0.05, 0.1) is 23.5 Å². The van der Waals surface area contributed by atoms with E-state index in [1.165, 1.54) is 24.5 Å². The van der Waals surface area contributed by atoms with Gasteiger partial charge in [0.15, 0.2) is 5.13 Å². The van der Waals surface area contributed by atoms with Crippen LogP contribution < -0.4 is 15.4 Å². The molecule has 0 amide bonds. The van der Waals surface area contributed by atoms with Crippen LogP contribution in [0.15, 0.2) is 17.5 Å². The van der Waals surface area contributed by atoms with Gasteiger partial charge >= 0.3 is 5.97 Å². The van der Waals surface area contributed by atoms with Gasteiger partial charge in [0.25, 0.3) is 0 Å². The highest BCUT2D eigenvalue weighted by Crippen LogP contribution is 2.33. The van der Waals surface area contributed by atoms with Gasteiger partial charge in [-0.3, -0.25) is 0 Å². The molecule has 0 saturated carbocycles. The highest BCUT2D eigenvalue weighted by atomic mass is 35.5. The van der Waals surface area contributed by atoms with E-state index in [9.17, 15) is 4.79 Å². The first kappa shape index (κ1) is 16.5. The van der Waals surface area contributed by atoms with E-state index < -0.39 is 5.97 Å². The summed E-state index contributed by atoms with van der Waals surface area (Å²) in [5, 5.41) is 18.3. The molecule has 22 heavy (non-hydrogen) atoms. The summed E-state index contributed by atoms with van der Waals surface area (Å²) in [5.41, 5.74) is 1.50. The van der Waals surface area contributed by atoms with E-state index in [1.807, 2.05) is 12.3 Å². The maximum absolute atomic E-state index is 11.1. The van der Waals surface area contributed by atoms with Gasteiger partial charge in [0.1, 0.15) is 11.3 Å². The highest BCUT2D eigenvalue weighted by Gasteiger charge is 2.15. The van der Waals surface area contributed by atoms with Gasteiger partial charge in [0.2, 0.25) is 0 Å². The van der Waals surface area contributed by atoms with Crippen LogP contribution in [0.2, 0.25) is 5.02 Å². The topological polar surface area (TPSA) is 83.5 Å². The number of hydrogen-bond acceptors (Lipinski definition) is 6. The molecule has 0 aliphatic heterocycles. The van der Waals surface area contributed by atoms with E-state index in [4.69, 9.17) is 21.4 Å². The van der Waals surface area contributed by atoms with Gasteiger partial charge < -0.3 is 20.5 Å². The van der Waals surface area contributed by atoms with Crippen LogP contribution in [-0.4, -0.2) is 29.7 Å². The second kappa shape index (κ2) is 7.44. The fourth-order valence-electron chi connectivity index (χ4n) is 1.80. The van der Waals surface area contributed by atoms with Gasteiger partial charge in [-0.1, -0.05) is 18.5 Å². The molecule has 2 aromatic rings. The molecule has 0 spiro atoms. The van der Waals surface area contributed by atoms with E-state index in [2.05, 4.69) is 15.6 Å². The zero-order valence-corrected chi connectivity index (χ0v) is 13.7. The van der Waals surface area contributed by atoms with Crippen molar-refractivity contribution in [1.29, 1.82) is 0 Å². The summed E-state index contributed by atoms with van der Waals surface area (Å²) in [6.45, 7) is 3.60. The first-order chi connectivity index (χ1) is 10.5. The third-order valence-electron chi connectivity index (χ3n) is 2.87. The Balaban J connectivity index is 2.22. The summed E-state index contributed by atoms with van der Waals surface area (Å²) in [6, 6.07) is 2.91. The molecule has 0 saturated heterocycles. The lowest BCUT2D eigenvalue weighted by molar-refractivity contribution is 0.0693. The normalized spacial score (nSPS) is 10.5. The van der Waals surface area contributed by atoms with Gasteiger partial charge in [0, 0.05) is 18.0 Å². The average Bonchev–Trinajstić information content (AvgIpc) is 2.94. The van der Waals surface area contributed by atoms with Crippen LogP contribution >= 0.6 is 22.9 Å². The Morgan fingerprint density at radius 3 is 2.91 bits per heavy atom. The minimum atomic E-state index is -1.09. The number of hydrogen-bond donors (Lipinski definition) is 3. The van der Waals surface area contributed by atoms with Crippen molar-refractivity contribution in [2.75, 3.05) is 19.0 Å². The molecule has 1 aromatic heterocycles. The Labute approximate surface area is 137 Å². The lowest BCUT2D eigenvalue weighted by atomic mass is 10.2. The molecular formula is C14H16ClN3O3S. The molecule has 8 heteroatoms. The van der Waals surface area contributed by atoms with Crippen LogP contribution in [0, 0.1) is 0 Å². The molecule has 1 heterocycles. The van der Waals surface area contributed by atoms with Crippen LogP contribution in [0.5, 0.6) is 5.75 Å². The smallest absolute Gasteiger partial charge is 0.339 e. The summed E-state index contributed by atoms with van der Waals surface area (Å²) < 4.78 is 5.09. The monoisotopic (exact) mass is 341 g/mol. The van der Waals surface area contributed by atoms with Gasteiger partial charge in [-0.15, -0.1) is 11.3 Å². The van der Waals surface area contributed by atoms with Crippen LogP contribution in [0.3, 0.4) is 0 Å². The van der Waals surface area contributed by atoms with Crippen molar-refractivity contribution < 1.29 is 14.6 Å². The zero-order chi connectivity index (χ0) is 16.1. The maximum Gasteiger partial charge on any atom is 0.339 e. The van der Waals surface area contributed by atoms with Crippen LogP contribution in [0.4, 0.5) is 10.8 Å². The van der Waals surface area contributed by atoms with E-state index in [0.717, 1.165) is 12.2 Å². The minimum Gasteiger partial charge on any atom is -0.496 e. The number of rotatable bonds is 7. The van der Waals surface area contributed by atoms with Crippen LogP contribution in [0.25, 0.3) is 0 Å². The molecule has 1 aromatic carbocycles. The SMILES string of the molecule is CCNCc1csc(Nc2cc(OC)c(C(=O)O)cc2Cl)n1. The molecule has 0 bridgehead atoms. The Morgan fingerprint density at radius 1 is 1.50 bits per heavy atom. The van der Waals surface area contributed by atoms with Crippen molar-refractivity contribution in [3.05, 3.63) is 33.8 Å². The van der Waals surface area contributed by atoms with E-state index >= 15 is 0 Å². The number of aromatic nitrogens is 1. The number of halogens is 1. The second-order valence-electron chi connectivity index (χ2n) is 4.39. The third kappa shape index (κ3) is 3.88. The van der Waals surface area contributed by atoms with E-state index in [1.54, 1.807) is 6.07 Å². The number of carbonyl (C=O) groups is 1. The molecule has 0 aliphatic carbocycles. The van der Waals surface area contributed by atoms with Gasteiger partial charge in [-0.25, -0.2) is 9.78 Å². The molecule has 118 valence electrons. The van der Waals surface area contributed by atoms with E-state index in [-0.39, 0.29) is 11.3 Å². The molecule has 0 aliphatic rings. The molecular weight excluding hydrogens is 326 g/mol. The quantitative estimate of drug-likeness (QED) is 0.716. The predicted molar refractivity (Wildman–Crippen MR) is 87.7 cm³/mol. The van der Waals surface area contributed by atoms with Crippen molar-refractivity contribution in [2.24, 2.45) is 0 Å². The molecule has 0 fully saturated rings.